The van der Waals surface area contributed by atoms with Gasteiger partial charge in [0, 0.05) is 31.7 Å². The van der Waals surface area contributed by atoms with E-state index < -0.39 is 0 Å². The molecular weight excluding hydrogens is 274 g/mol. The van der Waals surface area contributed by atoms with Gasteiger partial charge in [0.1, 0.15) is 0 Å². The van der Waals surface area contributed by atoms with E-state index in [1.165, 1.54) is 11.1 Å². The van der Waals surface area contributed by atoms with E-state index in [-0.39, 0.29) is 18.0 Å². The van der Waals surface area contributed by atoms with Gasteiger partial charge in [-0.15, -0.1) is 0 Å². The second-order valence-electron chi connectivity index (χ2n) is 6.16. The van der Waals surface area contributed by atoms with E-state index in [9.17, 15) is 4.79 Å². The zero-order chi connectivity index (χ0) is 15.9. The fraction of sp³-hybridized carbons (Fsp3) is 0.611. The van der Waals surface area contributed by atoms with Gasteiger partial charge in [-0.25, -0.2) is 0 Å². The van der Waals surface area contributed by atoms with Crippen LogP contribution in [0.25, 0.3) is 0 Å². The predicted octanol–water partition coefficient (Wildman–Crippen LogP) is 2.11. The first-order valence-electron chi connectivity index (χ1n) is 8.47. The van der Waals surface area contributed by atoms with Crippen molar-refractivity contribution in [2.45, 2.75) is 45.7 Å². The Labute approximate surface area is 134 Å². The molecule has 2 N–H and O–H groups in total. The molecule has 1 aromatic carbocycles. The molecule has 0 bridgehead atoms. The Morgan fingerprint density at radius 1 is 1.36 bits per heavy atom. The quantitative estimate of drug-likeness (QED) is 0.846. The molecule has 122 valence electrons. The topological polar surface area (TPSA) is 44.4 Å². The molecule has 1 aliphatic rings. The molecule has 1 fully saturated rings. The van der Waals surface area contributed by atoms with Gasteiger partial charge in [-0.2, -0.15) is 0 Å². The predicted molar refractivity (Wildman–Crippen MR) is 90.9 cm³/mol. The summed E-state index contributed by atoms with van der Waals surface area (Å²) in [6.07, 6.45) is 2.03. The molecule has 22 heavy (non-hydrogen) atoms. The van der Waals surface area contributed by atoms with Gasteiger partial charge >= 0.3 is 0 Å². The third kappa shape index (κ3) is 4.55. The number of hydrogen-bond acceptors (Lipinski definition) is 3. The van der Waals surface area contributed by atoms with E-state index in [1.807, 2.05) is 0 Å². The van der Waals surface area contributed by atoms with Crippen LogP contribution in [0.15, 0.2) is 24.3 Å². The third-order valence-electron chi connectivity index (χ3n) is 4.49. The highest BCUT2D eigenvalue weighted by Gasteiger charge is 2.25. The number of rotatable bonds is 6. The van der Waals surface area contributed by atoms with E-state index in [4.69, 9.17) is 0 Å². The van der Waals surface area contributed by atoms with E-state index in [1.54, 1.807) is 0 Å². The summed E-state index contributed by atoms with van der Waals surface area (Å²) in [7, 11) is 0. The molecule has 4 nitrogen and oxygen atoms in total. The number of hydrogen-bond donors (Lipinski definition) is 2. The van der Waals surface area contributed by atoms with Crippen molar-refractivity contribution in [2.24, 2.45) is 0 Å². The fourth-order valence-corrected chi connectivity index (χ4v) is 2.85. The summed E-state index contributed by atoms with van der Waals surface area (Å²) < 4.78 is 0. The van der Waals surface area contributed by atoms with Gasteiger partial charge < -0.3 is 10.6 Å². The normalized spacial score (nSPS) is 20.6. The van der Waals surface area contributed by atoms with Crippen molar-refractivity contribution in [1.29, 1.82) is 0 Å². The number of nitrogens with one attached hydrogen (secondary N) is 2. The van der Waals surface area contributed by atoms with E-state index in [0.29, 0.717) is 6.54 Å². The molecule has 1 saturated heterocycles. The number of piperazine rings is 1. The molecule has 1 aromatic rings. The zero-order valence-corrected chi connectivity index (χ0v) is 14.1. The lowest BCUT2D eigenvalue weighted by Gasteiger charge is -2.36. The Balaban J connectivity index is 2.02. The van der Waals surface area contributed by atoms with Crippen LogP contribution >= 0.6 is 0 Å². The second-order valence-corrected chi connectivity index (χ2v) is 6.16. The van der Waals surface area contributed by atoms with Crippen molar-refractivity contribution in [3.8, 4) is 0 Å². The van der Waals surface area contributed by atoms with Crippen molar-refractivity contribution in [3.05, 3.63) is 35.4 Å². The van der Waals surface area contributed by atoms with Gasteiger partial charge in [0.15, 0.2) is 0 Å². The Morgan fingerprint density at radius 3 is 2.73 bits per heavy atom. The lowest BCUT2D eigenvalue weighted by Crippen LogP contribution is -2.50. The number of amides is 1. The molecule has 2 atom stereocenters. The number of nitrogens with zero attached hydrogens (tertiary/aromatic N) is 1. The molecule has 0 radical (unpaired) electrons. The number of benzene rings is 1. The van der Waals surface area contributed by atoms with E-state index >= 15 is 0 Å². The summed E-state index contributed by atoms with van der Waals surface area (Å²) in [5.41, 5.74) is 2.65. The van der Waals surface area contributed by atoms with Gasteiger partial charge in [0.2, 0.25) is 5.91 Å². The molecule has 1 amide bonds. The first-order chi connectivity index (χ1) is 10.6. The highest BCUT2D eigenvalue weighted by Crippen LogP contribution is 2.22. The molecule has 2 rings (SSSR count). The minimum absolute atomic E-state index is 0.131. The third-order valence-corrected chi connectivity index (χ3v) is 4.49. The summed E-state index contributed by atoms with van der Waals surface area (Å²) in [4.78, 5) is 14.5. The summed E-state index contributed by atoms with van der Waals surface area (Å²) in [5.74, 6) is 0.131. The van der Waals surface area contributed by atoms with Crippen molar-refractivity contribution in [2.75, 3.05) is 26.2 Å². The number of aryl methyl sites for hydroxylation is 1. The highest BCUT2D eigenvalue weighted by atomic mass is 16.2. The standard InChI is InChI=1S/C18H29N3O/c1-4-14(3)20-18(22)13-21-11-10-19-12-17(21)16-8-6-15(5-2)7-9-16/h6-9,14,17,19H,4-5,10-13H2,1-3H3,(H,20,22). The number of carbonyl (C=O) groups is 1. The molecule has 0 aromatic heterocycles. The van der Waals surface area contributed by atoms with Crippen LogP contribution < -0.4 is 10.6 Å². The second kappa shape index (κ2) is 8.30. The maximum absolute atomic E-state index is 12.2. The van der Waals surface area contributed by atoms with E-state index in [2.05, 4.69) is 60.6 Å². The van der Waals surface area contributed by atoms with Gasteiger partial charge in [0.05, 0.1) is 6.54 Å². The van der Waals surface area contributed by atoms with Crippen molar-refractivity contribution in [3.63, 3.8) is 0 Å². The van der Waals surface area contributed by atoms with Crippen molar-refractivity contribution in [1.82, 2.24) is 15.5 Å². The summed E-state index contributed by atoms with van der Waals surface area (Å²) >= 11 is 0. The van der Waals surface area contributed by atoms with Crippen LogP contribution in [0.1, 0.15) is 44.4 Å². The molecule has 2 unspecified atom stereocenters. The SMILES string of the molecule is CCc1ccc(C2CNCCN2CC(=O)NC(C)CC)cc1. The maximum Gasteiger partial charge on any atom is 0.234 e. The smallest absolute Gasteiger partial charge is 0.234 e. The summed E-state index contributed by atoms with van der Waals surface area (Å²) in [6.45, 7) is 9.55. The Morgan fingerprint density at radius 2 is 2.09 bits per heavy atom. The average Bonchev–Trinajstić information content (AvgIpc) is 2.55. The number of carbonyl (C=O) groups excluding carboxylic acids is 1. The monoisotopic (exact) mass is 303 g/mol. The Hall–Kier alpha value is -1.39. The van der Waals surface area contributed by atoms with Crippen LogP contribution in [0.2, 0.25) is 0 Å². The van der Waals surface area contributed by atoms with Crippen molar-refractivity contribution >= 4 is 5.91 Å². The molecule has 0 saturated carbocycles. The van der Waals surface area contributed by atoms with Crippen LogP contribution in [0.4, 0.5) is 0 Å². The lowest BCUT2D eigenvalue weighted by atomic mass is 10.0. The van der Waals surface area contributed by atoms with Crippen LogP contribution in [0, 0.1) is 0 Å². The molecule has 4 heteroatoms. The van der Waals surface area contributed by atoms with Crippen LogP contribution in [-0.2, 0) is 11.2 Å². The van der Waals surface area contributed by atoms with Gasteiger partial charge in [-0.3, -0.25) is 9.69 Å². The minimum Gasteiger partial charge on any atom is -0.353 e. The Bertz CT molecular complexity index is 472. The molecule has 1 heterocycles. The minimum atomic E-state index is 0.131. The van der Waals surface area contributed by atoms with Crippen LogP contribution in [0.5, 0.6) is 0 Å². The lowest BCUT2D eigenvalue weighted by molar-refractivity contribution is -0.123. The highest BCUT2D eigenvalue weighted by molar-refractivity contribution is 5.78. The molecule has 0 spiro atoms. The largest absolute Gasteiger partial charge is 0.353 e. The molecular formula is C18H29N3O. The van der Waals surface area contributed by atoms with Gasteiger partial charge in [-0.1, -0.05) is 38.1 Å². The fourth-order valence-electron chi connectivity index (χ4n) is 2.85. The van der Waals surface area contributed by atoms with Gasteiger partial charge in [-0.05, 0) is 30.9 Å². The summed E-state index contributed by atoms with van der Waals surface area (Å²) in [6, 6.07) is 9.33. The Kier molecular flexibility index (Phi) is 6.40. The first-order valence-corrected chi connectivity index (χ1v) is 8.47. The summed E-state index contributed by atoms with van der Waals surface area (Å²) in [5, 5.41) is 6.51. The maximum atomic E-state index is 12.2. The average molecular weight is 303 g/mol. The molecule has 0 aliphatic carbocycles. The van der Waals surface area contributed by atoms with Gasteiger partial charge in [0.25, 0.3) is 0 Å². The van der Waals surface area contributed by atoms with E-state index in [0.717, 1.165) is 32.5 Å². The van der Waals surface area contributed by atoms with Crippen molar-refractivity contribution < 1.29 is 4.79 Å². The molecule has 1 aliphatic heterocycles. The first kappa shape index (κ1) is 17.0. The van der Waals surface area contributed by atoms with Crippen LogP contribution in [0.3, 0.4) is 0 Å². The zero-order valence-electron chi connectivity index (χ0n) is 14.1. The van der Waals surface area contributed by atoms with Crippen LogP contribution in [-0.4, -0.2) is 43.0 Å².